The van der Waals surface area contributed by atoms with Gasteiger partial charge in [0, 0.05) is 0 Å². The number of aliphatic hydroxyl groups is 3. The molecule has 0 amide bonds. The standard InChI is InChI=1S/C19H30O7/c1-10(2)8-12-4-6-13(7-5-12)11(3)18(23)25-9-14(20)17-15(21)16(22)19(24)26-17/h10-14,17,20-22H,4-9H2,1-3H3/t11-,12?,13?,14-,17+/m0/s1. The predicted octanol–water partition coefficient (Wildman–Crippen LogP) is 2.63. The maximum atomic E-state index is 12.3. The van der Waals surface area contributed by atoms with Crippen LogP contribution in [0.1, 0.15) is 52.9 Å². The van der Waals surface area contributed by atoms with Crippen LogP contribution in [-0.4, -0.2) is 46.1 Å². The van der Waals surface area contributed by atoms with E-state index in [1.54, 1.807) is 0 Å². The van der Waals surface area contributed by atoms with Gasteiger partial charge in [-0.1, -0.05) is 33.6 Å². The second-order valence-electron chi connectivity index (χ2n) is 7.96. The van der Waals surface area contributed by atoms with E-state index in [-0.39, 0.29) is 11.8 Å². The number of rotatable bonds is 7. The fraction of sp³-hybridized carbons (Fsp3) is 0.789. The largest absolute Gasteiger partial charge is 0.505 e. The molecule has 3 N–H and O–H groups in total. The van der Waals surface area contributed by atoms with Gasteiger partial charge in [0.15, 0.2) is 11.9 Å². The highest BCUT2D eigenvalue weighted by Gasteiger charge is 2.40. The second kappa shape index (κ2) is 8.75. The Hall–Kier alpha value is -1.76. The van der Waals surface area contributed by atoms with E-state index in [0.717, 1.165) is 31.6 Å². The van der Waals surface area contributed by atoms with Crippen LogP contribution in [0.15, 0.2) is 11.5 Å². The molecule has 2 rings (SSSR count). The van der Waals surface area contributed by atoms with E-state index < -0.39 is 42.3 Å². The van der Waals surface area contributed by atoms with Crippen molar-refractivity contribution in [3.8, 4) is 0 Å². The first-order valence-electron chi connectivity index (χ1n) is 9.38. The lowest BCUT2D eigenvalue weighted by atomic mass is 9.74. The van der Waals surface area contributed by atoms with Crippen molar-refractivity contribution in [3.05, 3.63) is 11.5 Å². The highest BCUT2D eigenvalue weighted by molar-refractivity contribution is 5.89. The summed E-state index contributed by atoms with van der Waals surface area (Å²) in [5.41, 5.74) is 0. The Balaban J connectivity index is 1.77. The normalized spacial score (nSPS) is 28.8. The van der Waals surface area contributed by atoms with Crippen LogP contribution in [0.25, 0.3) is 0 Å². The van der Waals surface area contributed by atoms with Crippen LogP contribution in [0, 0.1) is 23.7 Å². The maximum Gasteiger partial charge on any atom is 0.377 e. The fourth-order valence-electron chi connectivity index (χ4n) is 3.90. The van der Waals surface area contributed by atoms with Crippen LogP contribution >= 0.6 is 0 Å². The van der Waals surface area contributed by atoms with Crippen LogP contribution in [0.4, 0.5) is 0 Å². The SMILES string of the molecule is CC(C)CC1CCC([C@H](C)C(=O)OC[C@H](O)[C@H]2OC(=O)C(O)=C2O)CC1. The number of carbonyl (C=O) groups is 2. The summed E-state index contributed by atoms with van der Waals surface area (Å²) in [7, 11) is 0. The van der Waals surface area contributed by atoms with E-state index in [1.807, 2.05) is 6.92 Å². The molecule has 0 saturated heterocycles. The molecule has 0 bridgehead atoms. The van der Waals surface area contributed by atoms with Gasteiger partial charge in [-0.25, -0.2) is 4.79 Å². The lowest BCUT2D eigenvalue weighted by Gasteiger charge is -2.32. The maximum absolute atomic E-state index is 12.3. The first-order valence-corrected chi connectivity index (χ1v) is 9.38. The van der Waals surface area contributed by atoms with Crippen molar-refractivity contribution in [1.29, 1.82) is 0 Å². The van der Waals surface area contributed by atoms with E-state index in [1.165, 1.54) is 6.42 Å². The summed E-state index contributed by atoms with van der Waals surface area (Å²) in [5.74, 6) is -1.76. The van der Waals surface area contributed by atoms with Gasteiger partial charge in [0.25, 0.3) is 0 Å². The molecular formula is C19H30O7. The summed E-state index contributed by atoms with van der Waals surface area (Å²) in [5, 5.41) is 28.7. The molecule has 1 aliphatic heterocycles. The van der Waals surface area contributed by atoms with Gasteiger partial charge in [-0.15, -0.1) is 0 Å². The molecule has 7 nitrogen and oxygen atoms in total. The molecule has 26 heavy (non-hydrogen) atoms. The van der Waals surface area contributed by atoms with Gasteiger partial charge < -0.3 is 24.8 Å². The zero-order valence-corrected chi connectivity index (χ0v) is 15.7. The van der Waals surface area contributed by atoms with E-state index in [4.69, 9.17) is 4.74 Å². The third-order valence-electron chi connectivity index (χ3n) is 5.46. The van der Waals surface area contributed by atoms with Gasteiger partial charge in [0.2, 0.25) is 5.76 Å². The van der Waals surface area contributed by atoms with E-state index in [0.29, 0.717) is 5.92 Å². The van der Waals surface area contributed by atoms with E-state index in [2.05, 4.69) is 18.6 Å². The van der Waals surface area contributed by atoms with Crippen LogP contribution in [0.2, 0.25) is 0 Å². The first kappa shape index (κ1) is 20.6. The van der Waals surface area contributed by atoms with Crippen molar-refractivity contribution in [3.63, 3.8) is 0 Å². The van der Waals surface area contributed by atoms with Crippen molar-refractivity contribution >= 4 is 11.9 Å². The highest BCUT2D eigenvalue weighted by Crippen LogP contribution is 2.36. The summed E-state index contributed by atoms with van der Waals surface area (Å²) >= 11 is 0. The molecule has 1 heterocycles. The van der Waals surface area contributed by atoms with Crippen molar-refractivity contribution in [2.24, 2.45) is 23.7 Å². The molecule has 1 saturated carbocycles. The van der Waals surface area contributed by atoms with Crippen molar-refractivity contribution < 1.29 is 34.4 Å². The summed E-state index contributed by atoms with van der Waals surface area (Å²) in [6.07, 6.45) is 2.63. The average Bonchev–Trinajstić information content (AvgIpc) is 2.86. The van der Waals surface area contributed by atoms with Crippen molar-refractivity contribution in [2.45, 2.75) is 65.1 Å². The number of ether oxygens (including phenoxy) is 2. The Morgan fingerprint density at radius 3 is 2.31 bits per heavy atom. The molecule has 148 valence electrons. The molecule has 3 atom stereocenters. The van der Waals surface area contributed by atoms with E-state index in [9.17, 15) is 24.9 Å². The third-order valence-corrected chi connectivity index (χ3v) is 5.46. The lowest BCUT2D eigenvalue weighted by molar-refractivity contribution is -0.158. The molecule has 0 aromatic heterocycles. The van der Waals surface area contributed by atoms with Gasteiger partial charge >= 0.3 is 11.9 Å². The fourth-order valence-corrected chi connectivity index (χ4v) is 3.90. The first-order chi connectivity index (χ1) is 12.2. The smallest absolute Gasteiger partial charge is 0.377 e. The Kier molecular flexibility index (Phi) is 6.92. The number of esters is 2. The quantitative estimate of drug-likeness (QED) is 0.590. The minimum Gasteiger partial charge on any atom is -0.505 e. The molecule has 7 heteroatoms. The Morgan fingerprint density at radius 1 is 1.19 bits per heavy atom. The number of hydrogen-bond acceptors (Lipinski definition) is 7. The second-order valence-corrected chi connectivity index (χ2v) is 7.96. The molecule has 0 aromatic carbocycles. The zero-order valence-electron chi connectivity index (χ0n) is 15.7. The molecule has 0 spiro atoms. The summed E-state index contributed by atoms with van der Waals surface area (Å²) < 4.78 is 9.79. The van der Waals surface area contributed by atoms with Crippen LogP contribution < -0.4 is 0 Å². The number of carbonyl (C=O) groups excluding carboxylic acids is 2. The Bertz CT molecular complexity index is 546. The molecule has 0 aromatic rings. The number of aliphatic hydroxyl groups excluding tert-OH is 3. The summed E-state index contributed by atoms with van der Waals surface area (Å²) in [4.78, 5) is 23.4. The number of hydrogen-bond donors (Lipinski definition) is 3. The highest BCUT2D eigenvalue weighted by atomic mass is 16.6. The van der Waals surface area contributed by atoms with Crippen LogP contribution in [-0.2, 0) is 19.1 Å². The van der Waals surface area contributed by atoms with Crippen LogP contribution in [0.5, 0.6) is 0 Å². The molecule has 0 radical (unpaired) electrons. The number of cyclic esters (lactones) is 1. The van der Waals surface area contributed by atoms with Gasteiger partial charge in [0.05, 0.1) is 5.92 Å². The molecule has 1 fully saturated rings. The zero-order chi connectivity index (χ0) is 19.4. The molecular weight excluding hydrogens is 340 g/mol. The topological polar surface area (TPSA) is 113 Å². The third kappa shape index (κ3) is 4.90. The van der Waals surface area contributed by atoms with Gasteiger partial charge in [0.1, 0.15) is 12.7 Å². The lowest BCUT2D eigenvalue weighted by Crippen LogP contribution is -2.35. The monoisotopic (exact) mass is 370 g/mol. The minimum absolute atomic E-state index is 0.268. The van der Waals surface area contributed by atoms with Gasteiger partial charge in [-0.3, -0.25) is 4.79 Å². The molecule has 1 aliphatic carbocycles. The van der Waals surface area contributed by atoms with Crippen molar-refractivity contribution in [2.75, 3.05) is 6.61 Å². The molecule has 2 aliphatic rings. The summed E-state index contributed by atoms with van der Waals surface area (Å²) in [6.45, 7) is 5.87. The van der Waals surface area contributed by atoms with E-state index >= 15 is 0 Å². The van der Waals surface area contributed by atoms with Crippen molar-refractivity contribution in [1.82, 2.24) is 0 Å². The predicted molar refractivity (Wildman–Crippen MR) is 93.2 cm³/mol. The Labute approximate surface area is 154 Å². The van der Waals surface area contributed by atoms with Gasteiger partial charge in [-0.05, 0) is 37.0 Å². The average molecular weight is 370 g/mol. The Morgan fingerprint density at radius 2 is 1.81 bits per heavy atom. The molecule has 0 unspecified atom stereocenters. The summed E-state index contributed by atoms with van der Waals surface area (Å²) in [6, 6.07) is 0. The van der Waals surface area contributed by atoms with Gasteiger partial charge in [-0.2, -0.15) is 0 Å². The minimum atomic E-state index is -1.43. The van der Waals surface area contributed by atoms with Crippen LogP contribution in [0.3, 0.4) is 0 Å².